The van der Waals surface area contributed by atoms with Gasteiger partial charge in [0.15, 0.2) is 0 Å². The van der Waals surface area contributed by atoms with Gasteiger partial charge in [0, 0.05) is 6.54 Å². The van der Waals surface area contributed by atoms with Crippen LogP contribution in [0.25, 0.3) is 0 Å². The predicted octanol–water partition coefficient (Wildman–Crippen LogP) is 2.02. The first-order valence-corrected chi connectivity index (χ1v) is 6.18. The molecule has 1 aliphatic carbocycles. The molecule has 0 amide bonds. The summed E-state index contributed by atoms with van der Waals surface area (Å²) in [7, 11) is 0. The lowest BCUT2D eigenvalue weighted by Crippen LogP contribution is -2.42. The van der Waals surface area contributed by atoms with Gasteiger partial charge >= 0.3 is 0 Å². The zero-order valence-electron chi connectivity index (χ0n) is 9.17. The first kappa shape index (κ1) is 10.4. The van der Waals surface area contributed by atoms with Crippen molar-refractivity contribution in [3.05, 3.63) is 0 Å². The van der Waals surface area contributed by atoms with Crippen LogP contribution in [0.15, 0.2) is 0 Å². The lowest BCUT2D eigenvalue weighted by atomic mass is 9.68. The van der Waals surface area contributed by atoms with Gasteiger partial charge in [-0.1, -0.05) is 19.3 Å². The van der Waals surface area contributed by atoms with E-state index in [1.807, 2.05) is 0 Å². The Morgan fingerprint density at radius 2 is 1.57 bits per heavy atom. The van der Waals surface area contributed by atoms with E-state index in [4.69, 9.17) is 5.11 Å². The van der Waals surface area contributed by atoms with Gasteiger partial charge in [0.25, 0.3) is 0 Å². The summed E-state index contributed by atoms with van der Waals surface area (Å²) in [6.07, 6.45) is 10.1. The van der Waals surface area contributed by atoms with Gasteiger partial charge < -0.3 is 10.0 Å². The minimum absolute atomic E-state index is 0.326. The van der Waals surface area contributed by atoms with Crippen LogP contribution in [0, 0.1) is 5.41 Å². The molecular weight excluding hydrogens is 174 g/mol. The van der Waals surface area contributed by atoms with Gasteiger partial charge in [-0.2, -0.15) is 0 Å². The number of likely N-dealkylation sites (tertiary alicyclic amines) is 1. The van der Waals surface area contributed by atoms with Crippen LogP contribution < -0.4 is 0 Å². The van der Waals surface area contributed by atoms with Crippen molar-refractivity contribution in [2.75, 3.05) is 26.2 Å². The Balaban J connectivity index is 1.81. The lowest BCUT2D eigenvalue weighted by Gasteiger charge is -2.44. The highest BCUT2D eigenvalue weighted by Gasteiger charge is 2.34. The maximum absolute atomic E-state index is 8.88. The van der Waals surface area contributed by atoms with E-state index in [0.29, 0.717) is 12.0 Å². The van der Waals surface area contributed by atoms with E-state index in [2.05, 4.69) is 4.90 Å². The predicted molar refractivity (Wildman–Crippen MR) is 58.3 cm³/mol. The molecule has 1 saturated carbocycles. The zero-order valence-corrected chi connectivity index (χ0v) is 9.17. The highest BCUT2D eigenvalue weighted by Crippen LogP contribution is 2.44. The molecule has 2 nitrogen and oxygen atoms in total. The number of aliphatic hydroxyl groups excluding tert-OH is 1. The van der Waals surface area contributed by atoms with Crippen LogP contribution in [0.5, 0.6) is 0 Å². The molecule has 0 aromatic rings. The minimum atomic E-state index is 0.326. The van der Waals surface area contributed by atoms with Crippen LogP contribution in [-0.4, -0.2) is 36.2 Å². The summed E-state index contributed by atoms with van der Waals surface area (Å²) in [5, 5.41) is 8.88. The number of hydrogen-bond donors (Lipinski definition) is 1. The number of aliphatic hydroxyl groups is 1. The fraction of sp³-hybridized carbons (Fsp3) is 1.00. The second kappa shape index (κ2) is 4.63. The normalized spacial score (nSPS) is 28.1. The van der Waals surface area contributed by atoms with Gasteiger partial charge in [0.2, 0.25) is 0 Å². The SMILES string of the molecule is OCCN1CCC2(CCCCC2)CC1. The van der Waals surface area contributed by atoms with E-state index in [9.17, 15) is 0 Å². The first-order valence-electron chi connectivity index (χ1n) is 6.18. The number of rotatable bonds is 2. The molecule has 2 aliphatic rings. The molecule has 0 aromatic carbocycles. The Kier molecular flexibility index (Phi) is 3.45. The largest absolute Gasteiger partial charge is 0.395 e. The highest BCUT2D eigenvalue weighted by atomic mass is 16.3. The molecule has 0 atom stereocenters. The second-order valence-electron chi connectivity index (χ2n) is 5.13. The van der Waals surface area contributed by atoms with E-state index in [1.165, 1.54) is 58.0 Å². The van der Waals surface area contributed by atoms with Crippen LogP contribution in [0.3, 0.4) is 0 Å². The lowest BCUT2D eigenvalue weighted by molar-refractivity contribution is 0.0588. The van der Waals surface area contributed by atoms with Crippen LogP contribution >= 0.6 is 0 Å². The van der Waals surface area contributed by atoms with Gasteiger partial charge in [-0.25, -0.2) is 0 Å². The molecule has 2 rings (SSSR count). The molecule has 82 valence electrons. The molecule has 1 N–H and O–H groups in total. The summed E-state index contributed by atoms with van der Waals surface area (Å²) < 4.78 is 0. The minimum Gasteiger partial charge on any atom is -0.395 e. The van der Waals surface area contributed by atoms with Gasteiger partial charge in [-0.3, -0.25) is 0 Å². The zero-order chi connectivity index (χ0) is 9.86. The van der Waals surface area contributed by atoms with Crippen molar-refractivity contribution in [1.29, 1.82) is 0 Å². The van der Waals surface area contributed by atoms with E-state index in [1.54, 1.807) is 0 Å². The number of piperidine rings is 1. The molecule has 14 heavy (non-hydrogen) atoms. The first-order chi connectivity index (χ1) is 6.85. The Labute approximate surface area is 87.3 Å². The maximum atomic E-state index is 8.88. The topological polar surface area (TPSA) is 23.5 Å². The standard InChI is InChI=1S/C12H23NO/c14-11-10-13-8-6-12(7-9-13)4-2-1-3-5-12/h14H,1-11H2. The quantitative estimate of drug-likeness (QED) is 0.732. The Bertz CT molecular complexity index is 165. The Morgan fingerprint density at radius 1 is 0.929 bits per heavy atom. The summed E-state index contributed by atoms with van der Waals surface area (Å²) in [5.41, 5.74) is 0.713. The van der Waals surface area contributed by atoms with E-state index >= 15 is 0 Å². The second-order valence-corrected chi connectivity index (χ2v) is 5.13. The smallest absolute Gasteiger partial charge is 0.0558 e. The van der Waals surface area contributed by atoms with Crippen LogP contribution in [0.4, 0.5) is 0 Å². The van der Waals surface area contributed by atoms with E-state index in [0.717, 1.165) is 6.54 Å². The molecule has 0 aromatic heterocycles. The van der Waals surface area contributed by atoms with Crippen LogP contribution in [0.1, 0.15) is 44.9 Å². The van der Waals surface area contributed by atoms with Gasteiger partial charge in [-0.15, -0.1) is 0 Å². The molecule has 1 saturated heterocycles. The highest BCUT2D eigenvalue weighted by molar-refractivity contribution is 4.88. The third kappa shape index (κ3) is 2.29. The fourth-order valence-electron chi connectivity index (χ4n) is 3.19. The average Bonchev–Trinajstić information content (AvgIpc) is 2.24. The van der Waals surface area contributed by atoms with Gasteiger partial charge in [0.1, 0.15) is 0 Å². The molecule has 0 unspecified atom stereocenters. The number of β-amino-alcohol motifs (C(OH)–C–C–N with tert-alkyl or cyclic N) is 1. The van der Waals surface area contributed by atoms with Crippen molar-refractivity contribution in [3.8, 4) is 0 Å². The number of hydrogen-bond acceptors (Lipinski definition) is 2. The summed E-state index contributed by atoms with van der Waals surface area (Å²) in [6.45, 7) is 3.66. The van der Waals surface area contributed by atoms with Crippen LogP contribution in [-0.2, 0) is 0 Å². The summed E-state index contributed by atoms with van der Waals surface area (Å²) in [4.78, 5) is 2.42. The van der Waals surface area contributed by atoms with Crippen molar-refractivity contribution in [2.24, 2.45) is 5.41 Å². The molecule has 0 radical (unpaired) electrons. The Morgan fingerprint density at radius 3 is 2.14 bits per heavy atom. The van der Waals surface area contributed by atoms with Crippen molar-refractivity contribution in [1.82, 2.24) is 4.90 Å². The van der Waals surface area contributed by atoms with E-state index < -0.39 is 0 Å². The van der Waals surface area contributed by atoms with Crippen molar-refractivity contribution in [2.45, 2.75) is 44.9 Å². The molecular formula is C12H23NO. The number of nitrogens with zero attached hydrogens (tertiary/aromatic N) is 1. The summed E-state index contributed by atoms with van der Waals surface area (Å²) >= 11 is 0. The van der Waals surface area contributed by atoms with Gasteiger partial charge in [-0.05, 0) is 44.2 Å². The fourth-order valence-corrected chi connectivity index (χ4v) is 3.19. The monoisotopic (exact) mass is 197 g/mol. The summed E-state index contributed by atoms with van der Waals surface area (Å²) in [6, 6.07) is 0. The van der Waals surface area contributed by atoms with E-state index in [-0.39, 0.29) is 0 Å². The van der Waals surface area contributed by atoms with Crippen molar-refractivity contribution in [3.63, 3.8) is 0 Å². The molecule has 1 heterocycles. The third-order valence-electron chi connectivity index (χ3n) is 4.25. The van der Waals surface area contributed by atoms with Gasteiger partial charge in [0.05, 0.1) is 6.61 Å². The maximum Gasteiger partial charge on any atom is 0.0558 e. The molecule has 0 bridgehead atoms. The third-order valence-corrected chi connectivity index (χ3v) is 4.25. The summed E-state index contributed by atoms with van der Waals surface area (Å²) in [5.74, 6) is 0. The van der Waals surface area contributed by atoms with Crippen molar-refractivity contribution < 1.29 is 5.11 Å². The van der Waals surface area contributed by atoms with Crippen LogP contribution in [0.2, 0.25) is 0 Å². The molecule has 1 aliphatic heterocycles. The average molecular weight is 197 g/mol. The Hall–Kier alpha value is -0.0800. The molecule has 2 fully saturated rings. The van der Waals surface area contributed by atoms with Crippen molar-refractivity contribution >= 4 is 0 Å². The molecule has 2 heteroatoms. The molecule has 1 spiro atoms.